The van der Waals surface area contributed by atoms with E-state index in [0.29, 0.717) is 0 Å². The van der Waals surface area contributed by atoms with Crippen LogP contribution in [0.25, 0.3) is 0 Å². The Balaban J connectivity index is 0. The minimum absolute atomic E-state index is 0. The van der Waals surface area contributed by atoms with E-state index in [9.17, 15) is 0 Å². The Hall–Kier alpha value is 1.62. The second-order valence-electron chi connectivity index (χ2n) is 1.86. The van der Waals surface area contributed by atoms with Crippen LogP contribution < -0.4 is 0 Å². The van der Waals surface area contributed by atoms with Crippen molar-refractivity contribution < 1.29 is 0 Å². The number of thiol groups is 2. The monoisotopic (exact) mass is 360 g/mol. The molecule has 0 aliphatic heterocycles. The normalized spacial score (nSPS) is 8.67. The third kappa shape index (κ3) is 12.7. The molecule has 0 atom stereocenters. The summed E-state index contributed by atoms with van der Waals surface area (Å²) < 4.78 is 0. The van der Waals surface area contributed by atoms with Crippen LogP contribution in [-0.2, 0) is 0 Å². The fourth-order valence-corrected chi connectivity index (χ4v) is 1.02. The van der Waals surface area contributed by atoms with Gasteiger partial charge in [0.1, 0.15) is 0 Å². The van der Waals surface area contributed by atoms with Crippen LogP contribution in [0.5, 0.6) is 0 Å². The van der Waals surface area contributed by atoms with Gasteiger partial charge in [-0.1, -0.05) is 12.8 Å². The van der Waals surface area contributed by atoms with Gasteiger partial charge in [-0.3, -0.25) is 0 Å². The Morgan fingerprint density at radius 2 is 1.00 bits per heavy atom. The average Bonchev–Trinajstić information content (AvgIpc) is 1.81. The van der Waals surface area contributed by atoms with Crippen LogP contribution in [0, 0.1) is 0 Å². The summed E-state index contributed by atoms with van der Waals surface area (Å²) in [7, 11) is 0. The summed E-state index contributed by atoms with van der Waals surface area (Å²) in [4.78, 5) is 0. The van der Waals surface area contributed by atoms with E-state index in [-0.39, 0.29) is 27.3 Å². The molecule has 0 N–H and O–H groups in total. The third-order valence-electron chi connectivity index (χ3n) is 1.07. The zero-order chi connectivity index (χ0) is 6.24. The van der Waals surface area contributed by atoms with Gasteiger partial charge in [-0.05, 0) is 24.3 Å². The van der Waals surface area contributed by atoms with E-state index in [2.05, 4.69) is 25.3 Å². The van der Waals surface area contributed by atoms with Crippen LogP contribution in [-0.4, -0.2) is 38.8 Å². The molecule has 0 fully saturated rings. The first-order valence-corrected chi connectivity index (χ1v) is 4.40. The molecule has 3 heteroatoms. The Morgan fingerprint density at radius 3 is 1.22 bits per heavy atom. The van der Waals surface area contributed by atoms with Gasteiger partial charge in [0, 0.05) is 0 Å². The van der Waals surface area contributed by atoms with Gasteiger partial charge in [0.05, 0.1) is 0 Å². The first-order chi connectivity index (χ1) is 3.91. The Kier molecular flexibility index (Phi) is 18.1. The molecule has 0 aromatic carbocycles. The van der Waals surface area contributed by atoms with Gasteiger partial charge in [-0.2, -0.15) is 25.3 Å². The average molecular weight is 360 g/mol. The van der Waals surface area contributed by atoms with Crippen molar-refractivity contribution in [3.8, 4) is 0 Å². The maximum atomic E-state index is 4.10. The summed E-state index contributed by atoms with van der Waals surface area (Å²) in [5.41, 5.74) is 0. The first kappa shape index (κ1) is 13.2. The molecule has 0 amide bonds. The van der Waals surface area contributed by atoms with Gasteiger partial charge in [0.2, 0.25) is 0 Å². The predicted octanol–water partition coefficient (Wildman–Crippen LogP) is 1.49. The predicted molar refractivity (Wildman–Crippen MR) is 54.7 cm³/mol. The van der Waals surface area contributed by atoms with Crippen molar-refractivity contribution in [2.24, 2.45) is 0 Å². The van der Waals surface area contributed by atoms with Crippen molar-refractivity contribution in [1.82, 2.24) is 0 Å². The molecule has 0 aromatic rings. The van der Waals surface area contributed by atoms with E-state index in [1.807, 2.05) is 0 Å². The summed E-state index contributed by atoms with van der Waals surface area (Å²) in [5.74, 6) is 2.07. The standard InChI is InChI=1S/C6H14S2.Pb.2H/c7-5-3-1-2-4-6-8;;;/h7-8H,1-6H2;;;. The zero-order valence-electron chi connectivity index (χ0n) is 5.84. The number of hydrogen-bond acceptors (Lipinski definition) is 2. The summed E-state index contributed by atoms with van der Waals surface area (Å²) in [6, 6.07) is 0. The Bertz CT molecular complexity index is 36.0. The van der Waals surface area contributed by atoms with Crippen molar-refractivity contribution in [1.29, 1.82) is 0 Å². The fourth-order valence-electron chi connectivity index (χ4n) is 0.577. The molecule has 0 saturated carbocycles. The van der Waals surface area contributed by atoms with E-state index in [0.717, 1.165) is 11.5 Å². The van der Waals surface area contributed by atoms with Crippen molar-refractivity contribution in [2.75, 3.05) is 11.5 Å². The van der Waals surface area contributed by atoms with Crippen LogP contribution >= 0.6 is 25.3 Å². The zero-order valence-corrected chi connectivity index (χ0v) is 13.1. The van der Waals surface area contributed by atoms with Gasteiger partial charge < -0.3 is 0 Å². The van der Waals surface area contributed by atoms with Gasteiger partial charge >= 0.3 is 27.3 Å². The molecule has 0 aliphatic carbocycles. The summed E-state index contributed by atoms with van der Waals surface area (Å²) in [5, 5.41) is 0. The van der Waals surface area contributed by atoms with Crippen molar-refractivity contribution >= 4 is 52.6 Å². The molecule has 0 heterocycles. The summed E-state index contributed by atoms with van der Waals surface area (Å²) in [6.45, 7) is 0. The van der Waals surface area contributed by atoms with E-state index in [4.69, 9.17) is 0 Å². The Morgan fingerprint density at radius 1 is 0.667 bits per heavy atom. The molecule has 0 spiro atoms. The second kappa shape index (κ2) is 12.3. The molecule has 9 heavy (non-hydrogen) atoms. The number of rotatable bonds is 5. The maximum absolute atomic E-state index is 4.10. The van der Waals surface area contributed by atoms with E-state index >= 15 is 0 Å². The SMILES string of the molecule is SCCCCCCS.[PbH2]. The molecule has 0 saturated heterocycles. The number of hydrogen-bond donors (Lipinski definition) is 2. The van der Waals surface area contributed by atoms with Crippen molar-refractivity contribution in [3.05, 3.63) is 0 Å². The minimum atomic E-state index is 0. The molecule has 0 rings (SSSR count). The van der Waals surface area contributed by atoms with E-state index in [1.54, 1.807) is 0 Å². The van der Waals surface area contributed by atoms with E-state index < -0.39 is 0 Å². The van der Waals surface area contributed by atoms with Crippen molar-refractivity contribution in [2.45, 2.75) is 25.7 Å². The molecule has 0 bridgehead atoms. The van der Waals surface area contributed by atoms with E-state index in [1.165, 1.54) is 25.7 Å². The molecule has 0 unspecified atom stereocenters. The number of unbranched alkanes of at least 4 members (excludes halogenated alkanes) is 3. The molecule has 56 valence electrons. The molecule has 0 nitrogen and oxygen atoms in total. The van der Waals surface area contributed by atoms with Crippen LogP contribution in [0.4, 0.5) is 0 Å². The fraction of sp³-hybridized carbons (Fsp3) is 1.00. The van der Waals surface area contributed by atoms with Gasteiger partial charge in [-0.15, -0.1) is 0 Å². The summed E-state index contributed by atoms with van der Waals surface area (Å²) >= 11 is 8.21. The van der Waals surface area contributed by atoms with Crippen LogP contribution in [0.15, 0.2) is 0 Å². The molecule has 2 radical (unpaired) electrons. The summed E-state index contributed by atoms with van der Waals surface area (Å²) in [6.07, 6.45) is 5.17. The van der Waals surface area contributed by atoms with Crippen LogP contribution in [0.3, 0.4) is 0 Å². The van der Waals surface area contributed by atoms with Crippen molar-refractivity contribution in [3.63, 3.8) is 0 Å². The molecular formula is C6H16PbS2. The Labute approximate surface area is 89.2 Å². The molecule has 0 aromatic heterocycles. The van der Waals surface area contributed by atoms with Crippen LogP contribution in [0.1, 0.15) is 25.7 Å². The molecule has 0 aliphatic rings. The van der Waals surface area contributed by atoms with Gasteiger partial charge in [0.25, 0.3) is 0 Å². The van der Waals surface area contributed by atoms with Gasteiger partial charge in [0.15, 0.2) is 0 Å². The topological polar surface area (TPSA) is 0 Å². The quantitative estimate of drug-likeness (QED) is 0.415. The molecular weight excluding hydrogens is 343 g/mol. The van der Waals surface area contributed by atoms with Crippen LogP contribution in [0.2, 0.25) is 0 Å². The second-order valence-corrected chi connectivity index (χ2v) is 2.76. The van der Waals surface area contributed by atoms with Gasteiger partial charge in [-0.25, -0.2) is 0 Å². The third-order valence-corrected chi connectivity index (χ3v) is 1.70. The first-order valence-electron chi connectivity index (χ1n) is 3.13.